The number of hydrogen-bond donors (Lipinski definition) is 2. The predicted molar refractivity (Wildman–Crippen MR) is 69.1 cm³/mol. The molecule has 8 nitrogen and oxygen atoms in total. The summed E-state index contributed by atoms with van der Waals surface area (Å²) < 4.78 is 5.26. The molecule has 2 N–H and O–H groups in total. The molecule has 0 bridgehead atoms. The Balaban J connectivity index is 1.71. The molecule has 0 radical (unpaired) electrons. The fourth-order valence-electron chi connectivity index (χ4n) is 2.07. The number of ether oxygens (including phenoxy) is 1. The third kappa shape index (κ3) is 3.97. The first-order chi connectivity index (χ1) is 9.47. The van der Waals surface area contributed by atoms with Crippen molar-refractivity contribution < 1.29 is 19.4 Å². The van der Waals surface area contributed by atoms with E-state index >= 15 is 0 Å². The van der Waals surface area contributed by atoms with Crippen molar-refractivity contribution in [1.82, 2.24) is 14.9 Å². The molecule has 1 aliphatic rings. The molecule has 0 aromatic carbocycles. The Morgan fingerprint density at radius 1 is 1.45 bits per heavy atom. The number of carbonyl (C=O) groups excluding carboxylic acids is 1. The van der Waals surface area contributed by atoms with Gasteiger partial charge in [-0.05, 0) is 13.0 Å². The molecule has 20 heavy (non-hydrogen) atoms. The van der Waals surface area contributed by atoms with Crippen molar-refractivity contribution in [3.8, 4) is 0 Å². The molecule has 1 aromatic rings. The number of carboxylic acid groups (broad SMARTS) is 1. The molecule has 108 valence electrons. The Labute approximate surface area is 115 Å². The van der Waals surface area contributed by atoms with E-state index < -0.39 is 11.6 Å². The Hall–Kier alpha value is -2.06. The Morgan fingerprint density at radius 3 is 2.70 bits per heavy atom. The van der Waals surface area contributed by atoms with E-state index in [4.69, 9.17) is 9.84 Å². The average Bonchev–Trinajstić information content (AvgIpc) is 2.35. The number of rotatable bonds is 6. The van der Waals surface area contributed by atoms with Crippen molar-refractivity contribution in [3.63, 3.8) is 0 Å². The van der Waals surface area contributed by atoms with E-state index in [2.05, 4.69) is 15.3 Å². The summed E-state index contributed by atoms with van der Waals surface area (Å²) in [6.07, 6.45) is 3.09. The molecule has 1 amide bonds. The van der Waals surface area contributed by atoms with Gasteiger partial charge in [-0.1, -0.05) is 0 Å². The second kappa shape index (κ2) is 5.93. The molecule has 1 aromatic heterocycles. The van der Waals surface area contributed by atoms with Crippen LogP contribution in [0.3, 0.4) is 0 Å². The first-order valence-electron chi connectivity index (χ1n) is 6.12. The summed E-state index contributed by atoms with van der Waals surface area (Å²) in [5, 5.41) is 11.1. The zero-order valence-electron chi connectivity index (χ0n) is 11.1. The number of nitrogens with zero attached hydrogens (tertiary/aromatic N) is 3. The van der Waals surface area contributed by atoms with Crippen molar-refractivity contribution >= 4 is 17.8 Å². The quantitative estimate of drug-likeness (QED) is 0.729. The minimum atomic E-state index is -0.997. The van der Waals surface area contributed by atoms with Crippen LogP contribution in [0.25, 0.3) is 0 Å². The van der Waals surface area contributed by atoms with E-state index in [-0.39, 0.29) is 25.0 Å². The molecule has 0 unspecified atom stereocenters. The first kappa shape index (κ1) is 14.4. The standard InChI is InChI=1S/C12H16N4O4/c1-12(20-6-10(18)19)7-16(8-12)5-9(17)15-11-13-3-2-4-14-11/h2-4H,5-8H2,1H3,(H,18,19)(H,13,14,15,17). The molecule has 8 heteroatoms. The monoisotopic (exact) mass is 280 g/mol. The summed E-state index contributed by atoms with van der Waals surface area (Å²) in [7, 11) is 0. The molecular formula is C12H16N4O4. The van der Waals surface area contributed by atoms with E-state index in [1.54, 1.807) is 18.5 Å². The van der Waals surface area contributed by atoms with Crippen LogP contribution in [0.5, 0.6) is 0 Å². The number of aromatic nitrogens is 2. The summed E-state index contributed by atoms with van der Waals surface area (Å²) in [5.74, 6) is -0.942. The van der Waals surface area contributed by atoms with Gasteiger partial charge in [-0.15, -0.1) is 0 Å². The van der Waals surface area contributed by atoms with E-state index in [0.29, 0.717) is 13.1 Å². The van der Waals surface area contributed by atoms with Crippen LogP contribution < -0.4 is 5.32 Å². The van der Waals surface area contributed by atoms with Crippen molar-refractivity contribution in [1.29, 1.82) is 0 Å². The van der Waals surface area contributed by atoms with E-state index in [1.165, 1.54) is 0 Å². The van der Waals surface area contributed by atoms with Crippen LogP contribution in [0.1, 0.15) is 6.92 Å². The third-order valence-corrected chi connectivity index (χ3v) is 2.84. The second-order valence-corrected chi connectivity index (χ2v) is 4.90. The van der Waals surface area contributed by atoms with Gasteiger partial charge in [0.2, 0.25) is 11.9 Å². The SMILES string of the molecule is CC1(OCC(=O)O)CN(CC(=O)Nc2ncccn2)C1. The van der Waals surface area contributed by atoms with Crippen molar-refractivity contribution in [3.05, 3.63) is 18.5 Å². The molecule has 1 fully saturated rings. The summed E-state index contributed by atoms with van der Waals surface area (Å²) in [5.41, 5.74) is -0.498. The van der Waals surface area contributed by atoms with Gasteiger partial charge in [0.1, 0.15) is 6.61 Å². The van der Waals surface area contributed by atoms with Gasteiger partial charge in [0.15, 0.2) is 0 Å². The van der Waals surface area contributed by atoms with Gasteiger partial charge in [0.25, 0.3) is 0 Å². The van der Waals surface area contributed by atoms with E-state index in [1.807, 2.05) is 11.8 Å². The number of likely N-dealkylation sites (tertiary alicyclic amines) is 1. The maximum absolute atomic E-state index is 11.7. The van der Waals surface area contributed by atoms with Crippen molar-refractivity contribution in [2.75, 3.05) is 31.6 Å². The van der Waals surface area contributed by atoms with Crippen LogP contribution in [0.15, 0.2) is 18.5 Å². The lowest BCUT2D eigenvalue weighted by Crippen LogP contribution is -2.63. The highest BCUT2D eigenvalue weighted by Gasteiger charge is 2.40. The summed E-state index contributed by atoms with van der Waals surface area (Å²) in [6.45, 7) is 2.73. The normalized spacial score (nSPS) is 17.2. The lowest BCUT2D eigenvalue weighted by Gasteiger charge is -2.46. The van der Waals surface area contributed by atoms with Gasteiger partial charge in [0, 0.05) is 25.5 Å². The van der Waals surface area contributed by atoms with E-state index in [9.17, 15) is 9.59 Å². The average molecular weight is 280 g/mol. The Morgan fingerprint density at radius 2 is 2.10 bits per heavy atom. The third-order valence-electron chi connectivity index (χ3n) is 2.84. The fourth-order valence-corrected chi connectivity index (χ4v) is 2.07. The zero-order chi connectivity index (χ0) is 14.6. The maximum atomic E-state index is 11.7. The van der Waals surface area contributed by atoms with Crippen LogP contribution >= 0.6 is 0 Å². The molecular weight excluding hydrogens is 264 g/mol. The maximum Gasteiger partial charge on any atom is 0.329 e. The molecule has 0 spiro atoms. The van der Waals surface area contributed by atoms with Gasteiger partial charge < -0.3 is 9.84 Å². The second-order valence-electron chi connectivity index (χ2n) is 4.90. The predicted octanol–water partition coefficient (Wildman–Crippen LogP) is -0.409. The van der Waals surface area contributed by atoms with Crippen molar-refractivity contribution in [2.45, 2.75) is 12.5 Å². The number of hydrogen-bond acceptors (Lipinski definition) is 6. The minimum Gasteiger partial charge on any atom is -0.480 e. The summed E-state index contributed by atoms with van der Waals surface area (Å²) in [4.78, 5) is 31.8. The number of carboxylic acids is 1. The minimum absolute atomic E-state index is 0.199. The number of amides is 1. The first-order valence-corrected chi connectivity index (χ1v) is 6.12. The largest absolute Gasteiger partial charge is 0.480 e. The number of nitrogens with one attached hydrogen (secondary N) is 1. The lowest BCUT2D eigenvalue weighted by atomic mass is 9.96. The van der Waals surface area contributed by atoms with Gasteiger partial charge in [-0.3, -0.25) is 15.0 Å². The van der Waals surface area contributed by atoms with Crippen molar-refractivity contribution in [2.24, 2.45) is 0 Å². The van der Waals surface area contributed by atoms with Crippen LogP contribution in [0.4, 0.5) is 5.95 Å². The van der Waals surface area contributed by atoms with Crippen LogP contribution in [0.2, 0.25) is 0 Å². The van der Waals surface area contributed by atoms with E-state index in [0.717, 1.165) is 0 Å². The highest BCUT2D eigenvalue weighted by molar-refractivity contribution is 5.90. The van der Waals surface area contributed by atoms with Gasteiger partial charge in [0.05, 0.1) is 12.1 Å². The molecule has 0 atom stereocenters. The van der Waals surface area contributed by atoms with Crippen LogP contribution in [-0.2, 0) is 14.3 Å². The highest BCUT2D eigenvalue weighted by Crippen LogP contribution is 2.24. The molecule has 0 aliphatic carbocycles. The van der Waals surface area contributed by atoms with Gasteiger partial charge in [-0.2, -0.15) is 0 Å². The molecule has 2 rings (SSSR count). The fraction of sp³-hybridized carbons (Fsp3) is 0.500. The topological polar surface area (TPSA) is 105 Å². The smallest absolute Gasteiger partial charge is 0.329 e. The summed E-state index contributed by atoms with van der Waals surface area (Å²) >= 11 is 0. The Kier molecular flexibility index (Phi) is 4.26. The van der Waals surface area contributed by atoms with Gasteiger partial charge in [-0.25, -0.2) is 14.8 Å². The zero-order valence-corrected chi connectivity index (χ0v) is 11.1. The van der Waals surface area contributed by atoms with Crippen LogP contribution in [0, 0.1) is 0 Å². The van der Waals surface area contributed by atoms with Gasteiger partial charge >= 0.3 is 5.97 Å². The molecule has 0 saturated carbocycles. The molecule has 2 heterocycles. The lowest BCUT2D eigenvalue weighted by molar-refractivity contribution is -0.165. The number of anilines is 1. The summed E-state index contributed by atoms with van der Waals surface area (Å²) in [6, 6.07) is 1.66. The molecule has 1 aliphatic heterocycles. The Bertz CT molecular complexity index is 487. The number of aliphatic carboxylic acids is 1. The highest BCUT2D eigenvalue weighted by atomic mass is 16.5. The van der Waals surface area contributed by atoms with Crippen LogP contribution in [-0.4, -0.2) is 63.7 Å². The number of carbonyl (C=O) groups is 2. The molecule has 1 saturated heterocycles.